The molecule has 35 heavy (non-hydrogen) atoms. The number of benzene rings is 2. The number of rotatable bonds is 5. The van der Waals surface area contributed by atoms with Crippen LogP contribution in [-0.2, 0) is 7.05 Å². The van der Waals surface area contributed by atoms with Gasteiger partial charge in [-0.15, -0.1) is 0 Å². The highest BCUT2D eigenvalue weighted by atomic mass is 16.1. The molecular formula is C28H30N6O. The molecule has 2 unspecified atom stereocenters. The molecule has 3 aliphatic rings. The van der Waals surface area contributed by atoms with E-state index in [9.17, 15) is 4.79 Å². The lowest BCUT2D eigenvalue weighted by molar-refractivity contribution is 0.0939. The van der Waals surface area contributed by atoms with Gasteiger partial charge in [0.25, 0.3) is 5.91 Å². The predicted molar refractivity (Wildman–Crippen MR) is 139 cm³/mol. The Labute approximate surface area is 205 Å². The number of hydrogen-bond donors (Lipinski definition) is 2. The van der Waals surface area contributed by atoms with Crippen molar-refractivity contribution in [3.8, 4) is 11.3 Å². The maximum atomic E-state index is 13.5. The molecule has 3 atom stereocenters. The third kappa shape index (κ3) is 4.06. The number of anilines is 1. The van der Waals surface area contributed by atoms with Crippen LogP contribution in [0.3, 0.4) is 0 Å². The Bertz CT molecular complexity index is 1410. The first-order chi connectivity index (χ1) is 16.9. The summed E-state index contributed by atoms with van der Waals surface area (Å²) in [5.74, 6) is -0.0547. The van der Waals surface area contributed by atoms with Crippen LogP contribution in [0.25, 0.3) is 22.2 Å². The average Bonchev–Trinajstić information content (AvgIpc) is 3.29. The van der Waals surface area contributed by atoms with Gasteiger partial charge in [-0.1, -0.05) is 24.3 Å². The van der Waals surface area contributed by atoms with Crippen LogP contribution in [0.4, 0.5) is 5.69 Å². The van der Waals surface area contributed by atoms with E-state index in [-0.39, 0.29) is 11.9 Å². The van der Waals surface area contributed by atoms with Gasteiger partial charge in [0.1, 0.15) is 0 Å². The highest BCUT2D eigenvalue weighted by Crippen LogP contribution is 2.30. The Morgan fingerprint density at radius 1 is 1.14 bits per heavy atom. The smallest absolute Gasteiger partial charge is 0.252 e. The van der Waals surface area contributed by atoms with Gasteiger partial charge in [-0.3, -0.25) is 9.48 Å². The van der Waals surface area contributed by atoms with Crippen LogP contribution in [0, 0.1) is 6.92 Å². The third-order valence-electron chi connectivity index (χ3n) is 7.32. The van der Waals surface area contributed by atoms with E-state index >= 15 is 0 Å². The van der Waals surface area contributed by atoms with Crippen LogP contribution in [0.1, 0.15) is 40.9 Å². The van der Waals surface area contributed by atoms with Gasteiger partial charge >= 0.3 is 0 Å². The molecule has 4 aromatic rings. The summed E-state index contributed by atoms with van der Waals surface area (Å²) in [7, 11) is 1.90. The molecule has 0 radical (unpaired) electrons. The van der Waals surface area contributed by atoms with Crippen molar-refractivity contribution in [3.63, 3.8) is 0 Å². The molecule has 0 saturated carbocycles. The lowest BCUT2D eigenvalue weighted by Crippen LogP contribution is -2.67. The molecule has 1 amide bonds. The number of hydrogen-bond acceptors (Lipinski definition) is 5. The van der Waals surface area contributed by atoms with Gasteiger partial charge in [-0.25, -0.2) is 4.98 Å². The van der Waals surface area contributed by atoms with E-state index < -0.39 is 0 Å². The molecule has 2 bridgehead atoms. The number of nitrogens with zero attached hydrogens (tertiary/aromatic N) is 4. The van der Waals surface area contributed by atoms with Crippen LogP contribution in [0.5, 0.6) is 0 Å². The molecule has 7 rings (SSSR count). The fourth-order valence-corrected chi connectivity index (χ4v) is 5.39. The zero-order valence-electron chi connectivity index (χ0n) is 20.3. The number of pyridine rings is 1. The zero-order chi connectivity index (χ0) is 24.1. The number of piperidine rings is 1. The minimum absolute atomic E-state index is 0.0547. The van der Waals surface area contributed by atoms with Crippen molar-refractivity contribution in [3.05, 3.63) is 77.6 Å². The maximum absolute atomic E-state index is 13.5. The lowest BCUT2D eigenvalue weighted by Gasteiger charge is -2.49. The second-order valence-electron chi connectivity index (χ2n) is 9.91. The number of carbonyl (C=O) groups is 1. The largest absolute Gasteiger partial charge is 0.368 e. The molecule has 3 fully saturated rings. The summed E-state index contributed by atoms with van der Waals surface area (Å²) >= 11 is 0. The highest BCUT2D eigenvalue weighted by Gasteiger charge is 2.36. The summed E-state index contributed by atoms with van der Waals surface area (Å²) in [5, 5.41) is 12.2. The van der Waals surface area contributed by atoms with Crippen molar-refractivity contribution in [1.29, 1.82) is 0 Å². The Balaban J connectivity index is 1.30. The SMILES string of the molecule is Cc1ccc(N2CC3CC(C2)N3)cc1C(=O)N[C@H](C)c1cc(-c2cnn(C)c2)nc2ccccc12. The topological polar surface area (TPSA) is 75.1 Å². The zero-order valence-corrected chi connectivity index (χ0v) is 20.3. The molecule has 2 N–H and O–H groups in total. The summed E-state index contributed by atoms with van der Waals surface area (Å²) in [6.45, 7) is 6.03. The van der Waals surface area contributed by atoms with Crippen LogP contribution >= 0.6 is 0 Å². The number of aryl methyl sites for hydroxylation is 2. The Kier molecular flexibility index (Phi) is 5.29. The quantitative estimate of drug-likeness (QED) is 0.465. The molecule has 3 aliphatic heterocycles. The van der Waals surface area contributed by atoms with Crippen molar-refractivity contribution in [2.75, 3.05) is 18.0 Å². The number of aromatic nitrogens is 3. The van der Waals surface area contributed by atoms with E-state index in [0.29, 0.717) is 12.1 Å². The Morgan fingerprint density at radius 2 is 1.91 bits per heavy atom. The Morgan fingerprint density at radius 3 is 2.66 bits per heavy atom. The molecule has 0 aliphatic carbocycles. The van der Waals surface area contributed by atoms with E-state index in [1.54, 1.807) is 4.68 Å². The summed E-state index contributed by atoms with van der Waals surface area (Å²) in [4.78, 5) is 20.7. The van der Waals surface area contributed by atoms with Gasteiger partial charge < -0.3 is 15.5 Å². The van der Waals surface area contributed by atoms with E-state index in [1.165, 1.54) is 6.42 Å². The molecule has 178 valence electrons. The number of piperazine rings is 1. The summed E-state index contributed by atoms with van der Waals surface area (Å²) < 4.78 is 1.77. The molecular weight excluding hydrogens is 436 g/mol. The normalized spacial score (nSPS) is 19.9. The highest BCUT2D eigenvalue weighted by molar-refractivity contribution is 5.97. The standard InChI is InChI=1S/C28H30N6O/c1-17-8-9-22(34-15-20-10-21(16-34)31-20)11-24(17)28(35)30-18(2)25-12-27(19-13-29-33(3)14-19)32-26-7-5-4-6-23(25)26/h4-9,11-14,18,20-21,31H,10,15-16H2,1-3H3,(H,30,35)/t18-,20?,21?/m1/s1. The van der Waals surface area contributed by atoms with Crippen molar-refractivity contribution < 1.29 is 4.79 Å². The minimum Gasteiger partial charge on any atom is -0.368 e. The monoisotopic (exact) mass is 466 g/mol. The number of nitrogens with one attached hydrogen (secondary N) is 2. The van der Waals surface area contributed by atoms with Gasteiger partial charge in [-0.05, 0) is 55.7 Å². The van der Waals surface area contributed by atoms with Crippen molar-refractivity contribution >= 4 is 22.5 Å². The van der Waals surface area contributed by atoms with Crippen molar-refractivity contribution in [2.45, 2.75) is 38.4 Å². The van der Waals surface area contributed by atoms with Gasteiger partial charge in [0, 0.05) is 60.6 Å². The maximum Gasteiger partial charge on any atom is 0.252 e. The number of para-hydroxylation sites is 1. The van der Waals surface area contributed by atoms with Crippen LogP contribution in [0.2, 0.25) is 0 Å². The van der Waals surface area contributed by atoms with Gasteiger partial charge in [0.2, 0.25) is 0 Å². The fourth-order valence-electron chi connectivity index (χ4n) is 5.39. The van der Waals surface area contributed by atoms with Crippen LogP contribution in [-0.4, -0.2) is 45.8 Å². The van der Waals surface area contributed by atoms with Gasteiger partial charge in [0.05, 0.1) is 23.4 Å². The number of carbonyl (C=O) groups excluding carboxylic acids is 1. The van der Waals surface area contributed by atoms with E-state index in [4.69, 9.17) is 4.98 Å². The van der Waals surface area contributed by atoms with E-state index in [0.717, 1.165) is 57.6 Å². The molecule has 7 nitrogen and oxygen atoms in total. The molecule has 0 spiro atoms. The second kappa shape index (κ2) is 8.50. The van der Waals surface area contributed by atoms with Gasteiger partial charge in [-0.2, -0.15) is 5.10 Å². The number of fused-ring (bicyclic) bond motifs is 3. The number of amides is 1. The van der Waals surface area contributed by atoms with Crippen molar-refractivity contribution in [1.82, 2.24) is 25.4 Å². The fraction of sp³-hybridized carbons (Fsp3) is 0.321. The van der Waals surface area contributed by atoms with Crippen molar-refractivity contribution in [2.24, 2.45) is 7.05 Å². The van der Waals surface area contributed by atoms with E-state index in [2.05, 4.69) is 44.9 Å². The molecule has 2 aromatic carbocycles. The molecule has 5 heterocycles. The lowest BCUT2D eigenvalue weighted by atomic mass is 9.90. The van der Waals surface area contributed by atoms with Crippen LogP contribution < -0.4 is 15.5 Å². The van der Waals surface area contributed by atoms with Crippen LogP contribution in [0.15, 0.2) is 60.9 Å². The first kappa shape index (κ1) is 21.8. The average molecular weight is 467 g/mol. The Hall–Kier alpha value is -3.71. The minimum atomic E-state index is -0.194. The predicted octanol–water partition coefficient (Wildman–Crippen LogP) is 3.99. The first-order valence-electron chi connectivity index (χ1n) is 12.3. The third-order valence-corrected chi connectivity index (χ3v) is 7.32. The first-order valence-corrected chi connectivity index (χ1v) is 12.3. The van der Waals surface area contributed by atoms with E-state index in [1.807, 2.05) is 57.6 Å². The molecule has 3 saturated heterocycles. The summed E-state index contributed by atoms with van der Waals surface area (Å²) in [5.41, 5.74) is 6.58. The van der Waals surface area contributed by atoms with Gasteiger partial charge in [0.15, 0.2) is 0 Å². The second-order valence-corrected chi connectivity index (χ2v) is 9.91. The molecule has 7 heteroatoms. The molecule has 2 aromatic heterocycles. The summed E-state index contributed by atoms with van der Waals surface area (Å²) in [6.07, 6.45) is 5.03. The summed E-state index contributed by atoms with van der Waals surface area (Å²) in [6, 6.07) is 17.3.